The number of nitrogens with zero attached hydrogens (tertiary/aromatic N) is 1. The Labute approximate surface area is 142 Å². The van der Waals surface area contributed by atoms with Gasteiger partial charge in [-0.1, -0.05) is 20.8 Å². The van der Waals surface area contributed by atoms with Crippen molar-refractivity contribution in [3.05, 3.63) is 29.3 Å². The van der Waals surface area contributed by atoms with Crippen LogP contribution in [0.4, 0.5) is 10.5 Å². The summed E-state index contributed by atoms with van der Waals surface area (Å²) in [6.07, 6.45) is 3.32. The van der Waals surface area contributed by atoms with Crippen molar-refractivity contribution in [1.82, 2.24) is 4.90 Å². The molecule has 128 valence electrons. The van der Waals surface area contributed by atoms with E-state index in [1.54, 1.807) is 12.1 Å². The summed E-state index contributed by atoms with van der Waals surface area (Å²) >= 11 is 0. The fourth-order valence-electron chi connectivity index (χ4n) is 5.10. The van der Waals surface area contributed by atoms with Gasteiger partial charge in [-0.15, -0.1) is 0 Å². The highest BCUT2D eigenvalue weighted by molar-refractivity contribution is 5.95. The molecule has 0 aromatic heterocycles. The highest BCUT2D eigenvalue weighted by atomic mass is 16.5. The van der Waals surface area contributed by atoms with Crippen molar-refractivity contribution in [3.63, 3.8) is 0 Å². The van der Waals surface area contributed by atoms with Gasteiger partial charge in [0.1, 0.15) is 6.61 Å². The van der Waals surface area contributed by atoms with E-state index in [-0.39, 0.29) is 29.4 Å². The molecule has 2 amide bonds. The lowest BCUT2D eigenvalue weighted by Crippen LogP contribution is -2.40. The number of rotatable bonds is 1. The van der Waals surface area contributed by atoms with E-state index in [4.69, 9.17) is 4.74 Å². The third-order valence-corrected chi connectivity index (χ3v) is 5.61. The molecular formula is C19H24N2O3. The Bertz CT molecular complexity index is 727. The van der Waals surface area contributed by atoms with Crippen LogP contribution in [0, 0.1) is 10.8 Å². The van der Waals surface area contributed by atoms with Crippen molar-refractivity contribution >= 4 is 17.7 Å². The number of cyclic esters (lactones) is 1. The number of esters is 1. The van der Waals surface area contributed by atoms with Crippen LogP contribution in [-0.2, 0) is 11.3 Å². The van der Waals surface area contributed by atoms with Crippen LogP contribution >= 0.6 is 0 Å². The summed E-state index contributed by atoms with van der Waals surface area (Å²) in [4.78, 5) is 26.3. The monoisotopic (exact) mass is 328 g/mol. The van der Waals surface area contributed by atoms with Crippen LogP contribution < -0.4 is 5.32 Å². The molecule has 4 rings (SSSR count). The molecule has 1 saturated heterocycles. The molecule has 0 unspecified atom stereocenters. The number of hydrogen-bond donors (Lipinski definition) is 1. The minimum Gasteiger partial charge on any atom is -0.457 e. The summed E-state index contributed by atoms with van der Waals surface area (Å²) < 4.78 is 5.01. The van der Waals surface area contributed by atoms with Crippen LogP contribution in [0.1, 0.15) is 56.0 Å². The number of urea groups is 1. The number of carbonyl (C=O) groups is 2. The Morgan fingerprint density at radius 1 is 1.29 bits per heavy atom. The van der Waals surface area contributed by atoms with Gasteiger partial charge in [0.25, 0.3) is 0 Å². The van der Waals surface area contributed by atoms with Crippen LogP contribution in [0.5, 0.6) is 0 Å². The van der Waals surface area contributed by atoms with Gasteiger partial charge < -0.3 is 15.0 Å². The molecular weight excluding hydrogens is 304 g/mol. The molecule has 1 aromatic rings. The van der Waals surface area contributed by atoms with Crippen molar-refractivity contribution < 1.29 is 14.3 Å². The summed E-state index contributed by atoms with van der Waals surface area (Å²) in [6, 6.07) is 5.63. The Balaban J connectivity index is 1.50. The molecule has 2 bridgehead atoms. The Kier molecular flexibility index (Phi) is 3.21. The van der Waals surface area contributed by atoms with E-state index in [2.05, 4.69) is 26.1 Å². The Morgan fingerprint density at radius 2 is 2.08 bits per heavy atom. The first-order chi connectivity index (χ1) is 11.2. The van der Waals surface area contributed by atoms with Crippen LogP contribution in [0.3, 0.4) is 0 Å². The van der Waals surface area contributed by atoms with E-state index >= 15 is 0 Å². The average molecular weight is 328 g/mol. The number of fused-ring (bicyclic) bond motifs is 3. The van der Waals surface area contributed by atoms with Crippen LogP contribution in [-0.4, -0.2) is 29.5 Å². The maximum absolute atomic E-state index is 12.8. The van der Waals surface area contributed by atoms with Gasteiger partial charge in [0.2, 0.25) is 0 Å². The van der Waals surface area contributed by atoms with Gasteiger partial charge in [-0.25, -0.2) is 9.59 Å². The number of nitrogens with one attached hydrogen (secondary N) is 1. The number of anilines is 1. The molecule has 3 aliphatic rings. The first-order valence-corrected chi connectivity index (χ1v) is 8.62. The topological polar surface area (TPSA) is 58.6 Å². The van der Waals surface area contributed by atoms with E-state index in [9.17, 15) is 9.59 Å². The summed E-state index contributed by atoms with van der Waals surface area (Å²) in [5.74, 6) is -0.286. The number of amides is 2. The smallest absolute Gasteiger partial charge is 0.338 e. The van der Waals surface area contributed by atoms with E-state index < -0.39 is 0 Å². The molecule has 1 aromatic carbocycles. The maximum Gasteiger partial charge on any atom is 0.338 e. The highest BCUT2D eigenvalue weighted by Gasteiger charge is 2.51. The molecule has 1 saturated carbocycles. The van der Waals surface area contributed by atoms with Gasteiger partial charge in [-0.2, -0.15) is 0 Å². The number of likely N-dealkylation sites (tertiary alicyclic amines) is 1. The molecule has 1 aliphatic carbocycles. The average Bonchev–Trinajstić information content (AvgIpc) is 2.95. The summed E-state index contributed by atoms with van der Waals surface area (Å²) in [6.45, 7) is 8.01. The summed E-state index contributed by atoms with van der Waals surface area (Å²) in [7, 11) is 0. The number of ether oxygens (including phenoxy) is 1. The molecule has 5 nitrogen and oxygen atoms in total. The number of benzene rings is 1. The highest BCUT2D eigenvalue weighted by Crippen LogP contribution is 2.52. The van der Waals surface area contributed by atoms with Crippen molar-refractivity contribution in [1.29, 1.82) is 0 Å². The summed E-state index contributed by atoms with van der Waals surface area (Å²) in [5, 5.41) is 3.01. The van der Waals surface area contributed by atoms with Gasteiger partial charge in [-0.3, -0.25) is 0 Å². The molecule has 2 atom stereocenters. The predicted molar refractivity (Wildman–Crippen MR) is 90.8 cm³/mol. The zero-order chi connectivity index (χ0) is 17.1. The van der Waals surface area contributed by atoms with Crippen LogP contribution in [0.2, 0.25) is 0 Å². The zero-order valence-corrected chi connectivity index (χ0v) is 14.5. The lowest BCUT2D eigenvalue weighted by atomic mass is 9.65. The number of hydrogen-bond acceptors (Lipinski definition) is 3. The summed E-state index contributed by atoms with van der Waals surface area (Å²) in [5.41, 5.74) is 2.67. The van der Waals surface area contributed by atoms with E-state index in [0.717, 1.165) is 30.6 Å². The Morgan fingerprint density at radius 3 is 2.88 bits per heavy atom. The molecule has 5 heteroatoms. The van der Waals surface area contributed by atoms with Gasteiger partial charge in [0.15, 0.2) is 0 Å². The van der Waals surface area contributed by atoms with Crippen LogP contribution in [0.25, 0.3) is 0 Å². The van der Waals surface area contributed by atoms with E-state index in [1.165, 1.54) is 6.42 Å². The van der Waals surface area contributed by atoms with Gasteiger partial charge in [0.05, 0.1) is 5.56 Å². The Hall–Kier alpha value is -2.04. The van der Waals surface area contributed by atoms with E-state index in [1.807, 2.05) is 11.0 Å². The van der Waals surface area contributed by atoms with E-state index in [0.29, 0.717) is 11.6 Å². The third kappa shape index (κ3) is 2.56. The number of carbonyl (C=O) groups excluding carboxylic acids is 2. The fraction of sp³-hybridized carbons (Fsp3) is 0.579. The standard InChI is InChI=1S/C19H24N2O3/c1-18(2)7-14-8-19(3,10-18)11-21(14)17(23)20-13-4-5-15-12(6-13)9-24-16(15)22/h4-6,14H,7-11H2,1-3H3,(H,20,23)/t14-,19-/m1/s1. The minimum absolute atomic E-state index is 0.0355. The maximum atomic E-state index is 12.8. The second-order valence-corrected chi connectivity index (χ2v) is 8.72. The third-order valence-electron chi connectivity index (χ3n) is 5.61. The van der Waals surface area contributed by atoms with Crippen molar-refractivity contribution in [2.24, 2.45) is 10.8 Å². The fourth-order valence-corrected chi connectivity index (χ4v) is 5.10. The second kappa shape index (κ2) is 4.98. The molecule has 0 spiro atoms. The largest absolute Gasteiger partial charge is 0.457 e. The molecule has 2 aliphatic heterocycles. The first kappa shape index (κ1) is 15.5. The molecule has 24 heavy (non-hydrogen) atoms. The lowest BCUT2D eigenvalue weighted by Gasteiger charge is -2.39. The second-order valence-electron chi connectivity index (χ2n) is 8.72. The quantitative estimate of drug-likeness (QED) is 0.798. The van der Waals surface area contributed by atoms with Crippen LogP contribution in [0.15, 0.2) is 18.2 Å². The van der Waals surface area contributed by atoms with Gasteiger partial charge in [0, 0.05) is 23.8 Å². The molecule has 2 heterocycles. The van der Waals surface area contributed by atoms with Crippen molar-refractivity contribution in [2.75, 3.05) is 11.9 Å². The molecule has 0 radical (unpaired) electrons. The lowest BCUT2D eigenvalue weighted by molar-refractivity contribution is 0.0535. The predicted octanol–water partition coefficient (Wildman–Crippen LogP) is 3.79. The van der Waals surface area contributed by atoms with Crippen molar-refractivity contribution in [2.45, 2.75) is 52.7 Å². The van der Waals surface area contributed by atoms with Gasteiger partial charge in [-0.05, 0) is 48.3 Å². The zero-order valence-electron chi connectivity index (χ0n) is 14.5. The van der Waals surface area contributed by atoms with Crippen molar-refractivity contribution in [3.8, 4) is 0 Å². The molecule has 1 N–H and O–H groups in total. The first-order valence-electron chi connectivity index (χ1n) is 8.62. The normalized spacial score (nSPS) is 30.0. The SMILES string of the molecule is CC1(C)C[C@@H]2C[C@@](C)(CN2C(=O)Nc2ccc3c(c2)COC3=O)C1. The molecule has 2 fully saturated rings. The van der Waals surface area contributed by atoms with Gasteiger partial charge >= 0.3 is 12.0 Å². The minimum atomic E-state index is -0.286.